The Morgan fingerprint density at radius 2 is 1.85 bits per heavy atom. The van der Waals surface area contributed by atoms with Gasteiger partial charge in [0.2, 0.25) is 0 Å². The molecular weight excluding hydrogens is 332 g/mol. The van der Waals surface area contributed by atoms with Gasteiger partial charge in [-0.1, -0.05) is 32.0 Å². The Labute approximate surface area is 153 Å². The maximum absolute atomic E-state index is 12.8. The molecular formula is C20H24N2O4. The van der Waals surface area contributed by atoms with Crippen molar-refractivity contribution < 1.29 is 19.1 Å². The molecule has 2 aliphatic heterocycles. The molecule has 0 N–H and O–H groups in total. The van der Waals surface area contributed by atoms with Crippen molar-refractivity contribution in [2.45, 2.75) is 50.8 Å². The molecule has 2 saturated heterocycles. The third-order valence-corrected chi connectivity index (χ3v) is 6.02. The van der Waals surface area contributed by atoms with Crippen molar-refractivity contribution in [1.82, 2.24) is 9.80 Å². The number of likely N-dealkylation sites (tertiary alicyclic amines) is 2. The highest BCUT2D eigenvalue weighted by Gasteiger charge is 2.55. The van der Waals surface area contributed by atoms with Crippen LogP contribution in [0.2, 0.25) is 0 Å². The van der Waals surface area contributed by atoms with Gasteiger partial charge >= 0.3 is 6.09 Å². The van der Waals surface area contributed by atoms with Crippen LogP contribution in [0.25, 0.3) is 0 Å². The molecule has 2 heterocycles. The predicted octanol–water partition coefficient (Wildman–Crippen LogP) is 2.48. The molecule has 1 aromatic rings. The second-order valence-corrected chi connectivity index (χ2v) is 7.85. The summed E-state index contributed by atoms with van der Waals surface area (Å²) < 4.78 is 5.76. The normalized spacial score (nSPS) is 26.2. The average molecular weight is 356 g/mol. The van der Waals surface area contributed by atoms with Crippen LogP contribution < -0.4 is 0 Å². The molecule has 1 saturated carbocycles. The Balaban J connectivity index is 1.49. The molecule has 0 unspecified atom stereocenters. The lowest BCUT2D eigenvalue weighted by Crippen LogP contribution is -2.45. The number of ether oxygens (including phenoxy) is 1. The number of carbonyl (C=O) groups excluding carboxylic acids is 3. The Morgan fingerprint density at radius 1 is 1.15 bits per heavy atom. The molecule has 0 aromatic heterocycles. The number of amides is 2. The summed E-state index contributed by atoms with van der Waals surface area (Å²) in [5.41, 5.74) is 0.204. The van der Waals surface area contributed by atoms with E-state index in [9.17, 15) is 14.4 Å². The standard InChI is InChI=1S/C20H24N2O4/c1-13(2)20(9-10-20)26-19(25)21-11-8-15-17(21)16(23)12-22(15)18(24)14-6-4-3-5-7-14/h3-7,13,15,17H,8-12H2,1-2H3/t15-,17+/m1/s1. The summed E-state index contributed by atoms with van der Waals surface area (Å²) in [5.74, 6) is 0.0333. The van der Waals surface area contributed by atoms with Gasteiger partial charge in [0.1, 0.15) is 11.6 Å². The number of fused-ring (bicyclic) bond motifs is 1. The molecule has 4 rings (SSSR count). The summed E-state index contributed by atoms with van der Waals surface area (Å²) in [6.07, 6.45) is 1.96. The van der Waals surface area contributed by atoms with Crippen LogP contribution in [0.4, 0.5) is 4.79 Å². The summed E-state index contributed by atoms with van der Waals surface area (Å²) in [5, 5.41) is 0. The Bertz CT molecular complexity index is 741. The fourth-order valence-electron chi connectivity index (χ4n) is 4.20. The number of Topliss-reactive ketones (excluding diaryl/α,β-unsaturated/α-hetero) is 1. The Hall–Kier alpha value is -2.37. The number of hydrogen-bond donors (Lipinski definition) is 0. The molecule has 1 aromatic carbocycles. The fourth-order valence-corrected chi connectivity index (χ4v) is 4.20. The number of nitrogens with zero attached hydrogens (tertiary/aromatic N) is 2. The maximum Gasteiger partial charge on any atom is 0.411 e. The lowest BCUT2D eigenvalue weighted by Gasteiger charge is -2.27. The molecule has 6 heteroatoms. The molecule has 0 spiro atoms. The van der Waals surface area contributed by atoms with Crippen molar-refractivity contribution in [2.24, 2.45) is 5.92 Å². The third-order valence-electron chi connectivity index (χ3n) is 6.02. The smallest absolute Gasteiger partial charge is 0.411 e. The number of hydrogen-bond acceptors (Lipinski definition) is 4. The quantitative estimate of drug-likeness (QED) is 0.834. The van der Waals surface area contributed by atoms with Crippen molar-refractivity contribution in [1.29, 1.82) is 0 Å². The number of rotatable bonds is 3. The van der Waals surface area contributed by atoms with Gasteiger partial charge in [0.15, 0.2) is 5.78 Å². The second-order valence-electron chi connectivity index (χ2n) is 7.85. The van der Waals surface area contributed by atoms with Crippen LogP contribution in [0.15, 0.2) is 30.3 Å². The molecule has 0 radical (unpaired) electrons. The van der Waals surface area contributed by atoms with Gasteiger partial charge in [-0.2, -0.15) is 0 Å². The van der Waals surface area contributed by atoms with Crippen molar-refractivity contribution in [3.63, 3.8) is 0 Å². The molecule has 138 valence electrons. The van der Waals surface area contributed by atoms with E-state index in [0.717, 1.165) is 12.8 Å². The first kappa shape index (κ1) is 17.1. The molecule has 1 aliphatic carbocycles. The van der Waals surface area contributed by atoms with E-state index < -0.39 is 12.1 Å². The monoisotopic (exact) mass is 356 g/mol. The lowest BCUT2D eigenvalue weighted by atomic mass is 10.1. The highest BCUT2D eigenvalue weighted by molar-refractivity contribution is 6.02. The molecule has 0 bridgehead atoms. The minimum Gasteiger partial charge on any atom is -0.443 e. The van der Waals surface area contributed by atoms with Crippen LogP contribution in [0.5, 0.6) is 0 Å². The van der Waals surface area contributed by atoms with Crippen molar-refractivity contribution in [3.8, 4) is 0 Å². The molecule has 2 amide bonds. The second kappa shape index (κ2) is 6.11. The van der Waals surface area contributed by atoms with E-state index in [1.165, 1.54) is 4.90 Å². The van der Waals surface area contributed by atoms with Gasteiger partial charge in [-0.05, 0) is 37.3 Å². The molecule has 2 atom stereocenters. The molecule has 26 heavy (non-hydrogen) atoms. The van der Waals surface area contributed by atoms with E-state index in [4.69, 9.17) is 4.74 Å². The van der Waals surface area contributed by atoms with E-state index in [1.807, 2.05) is 32.0 Å². The van der Waals surface area contributed by atoms with Crippen LogP contribution in [0.1, 0.15) is 43.5 Å². The number of benzene rings is 1. The largest absolute Gasteiger partial charge is 0.443 e. The van der Waals surface area contributed by atoms with E-state index in [1.54, 1.807) is 17.0 Å². The summed E-state index contributed by atoms with van der Waals surface area (Å²) in [7, 11) is 0. The first-order valence-electron chi connectivity index (χ1n) is 9.31. The van der Waals surface area contributed by atoms with E-state index in [2.05, 4.69) is 0 Å². The predicted molar refractivity (Wildman–Crippen MR) is 94.7 cm³/mol. The SMILES string of the molecule is CC(C)C1(OC(=O)N2CC[C@@H]3[C@H]2C(=O)CN3C(=O)c2ccccc2)CC1. The highest BCUT2D eigenvalue weighted by Crippen LogP contribution is 2.46. The summed E-state index contributed by atoms with van der Waals surface area (Å²) in [6.45, 7) is 4.61. The van der Waals surface area contributed by atoms with Crippen LogP contribution in [-0.4, -0.2) is 58.4 Å². The van der Waals surface area contributed by atoms with Gasteiger partial charge in [-0.25, -0.2) is 4.79 Å². The highest BCUT2D eigenvalue weighted by atomic mass is 16.6. The molecule has 3 fully saturated rings. The van der Waals surface area contributed by atoms with Crippen molar-refractivity contribution in [3.05, 3.63) is 35.9 Å². The van der Waals surface area contributed by atoms with Gasteiger partial charge in [-0.3, -0.25) is 14.5 Å². The number of carbonyl (C=O) groups is 3. The number of ketones is 1. The van der Waals surface area contributed by atoms with E-state index in [-0.39, 0.29) is 35.8 Å². The summed E-state index contributed by atoms with van der Waals surface area (Å²) in [6, 6.07) is 8.14. The topological polar surface area (TPSA) is 66.9 Å². The summed E-state index contributed by atoms with van der Waals surface area (Å²) in [4.78, 5) is 41.2. The van der Waals surface area contributed by atoms with Gasteiger partial charge in [0.05, 0.1) is 12.6 Å². The minimum absolute atomic E-state index is 0.0577. The zero-order valence-corrected chi connectivity index (χ0v) is 15.2. The minimum atomic E-state index is -0.571. The fraction of sp³-hybridized carbons (Fsp3) is 0.550. The average Bonchev–Trinajstić information content (AvgIpc) is 3.16. The molecule has 3 aliphatic rings. The van der Waals surface area contributed by atoms with Crippen molar-refractivity contribution in [2.75, 3.05) is 13.1 Å². The Kier molecular flexibility index (Phi) is 4.01. The molecule has 6 nitrogen and oxygen atoms in total. The third kappa shape index (κ3) is 2.68. The zero-order chi connectivity index (χ0) is 18.5. The van der Waals surface area contributed by atoms with Gasteiger partial charge in [0.25, 0.3) is 5.91 Å². The van der Waals surface area contributed by atoms with E-state index in [0.29, 0.717) is 18.5 Å². The Morgan fingerprint density at radius 3 is 2.46 bits per heavy atom. The van der Waals surface area contributed by atoms with Gasteiger partial charge in [0, 0.05) is 12.1 Å². The van der Waals surface area contributed by atoms with Crippen molar-refractivity contribution >= 4 is 17.8 Å². The summed E-state index contributed by atoms with van der Waals surface area (Å²) >= 11 is 0. The van der Waals surface area contributed by atoms with Gasteiger partial charge in [-0.15, -0.1) is 0 Å². The van der Waals surface area contributed by atoms with Crippen LogP contribution in [-0.2, 0) is 9.53 Å². The van der Waals surface area contributed by atoms with Crippen LogP contribution in [0, 0.1) is 5.92 Å². The van der Waals surface area contributed by atoms with Crippen LogP contribution in [0.3, 0.4) is 0 Å². The van der Waals surface area contributed by atoms with E-state index >= 15 is 0 Å². The zero-order valence-electron chi connectivity index (χ0n) is 15.2. The van der Waals surface area contributed by atoms with Crippen LogP contribution >= 0.6 is 0 Å². The first-order chi connectivity index (χ1) is 12.4. The maximum atomic E-state index is 12.8. The first-order valence-corrected chi connectivity index (χ1v) is 9.31. The lowest BCUT2D eigenvalue weighted by molar-refractivity contribution is -0.120. The van der Waals surface area contributed by atoms with Gasteiger partial charge < -0.3 is 9.64 Å².